The van der Waals surface area contributed by atoms with E-state index in [0.29, 0.717) is 18.7 Å². The van der Waals surface area contributed by atoms with Gasteiger partial charge in [-0.25, -0.2) is 9.38 Å². The monoisotopic (exact) mass is 379 g/mol. The SMILES string of the molecule is CCNC(=NCc1ccc(F)c(COC)c1)N1CCOC(C2CCCO2)C1. The summed E-state index contributed by atoms with van der Waals surface area (Å²) in [6, 6.07) is 5.07. The van der Waals surface area contributed by atoms with Crippen LogP contribution < -0.4 is 5.32 Å². The van der Waals surface area contributed by atoms with Gasteiger partial charge in [-0.3, -0.25) is 0 Å². The van der Waals surface area contributed by atoms with Gasteiger partial charge in [0.05, 0.1) is 25.9 Å². The summed E-state index contributed by atoms with van der Waals surface area (Å²) in [5, 5.41) is 3.37. The van der Waals surface area contributed by atoms with Gasteiger partial charge in [-0.2, -0.15) is 0 Å². The summed E-state index contributed by atoms with van der Waals surface area (Å²) in [6.07, 6.45) is 2.44. The van der Waals surface area contributed by atoms with Crippen molar-refractivity contribution in [2.45, 2.75) is 45.1 Å². The number of halogens is 1. The third kappa shape index (κ3) is 5.40. The van der Waals surface area contributed by atoms with Crippen molar-refractivity contribution in [2.75, 3.05) is 40.0 Å². The Morgan fingerprint density at radius 1 is 1.33 bits per heavy atom. The molecule has 2 saturated heterocycles. The predicted octanol–water partition coefficient (Wildman–Crippen LogP) is 2.32. The van der Waals surface area contributed by atoms with E-state index in [1.807, 2.05) is 6.07 Å². The minimum absolute atomic E-state index is 0.0873. The van der Waals surface area contributed by atoms with E-state index < -0.39 is 0 Å². The van der Waals surface area contributed by atoms with Gasteiger partial charge in [-0.15, -0.1) is 0 Å². The Morgan fingerprint density at radius 2 is 2.19 bits per heavy atom. The molecule has 7 heteroatoms. The summed E-state index contributed by atoms with van der Waals surface area (Å²) in [6.45, 7) is 6.66. The second-order valence-electron chi connectivity index (χ2n) is 6.94. The van der Waals surface area contributed by atoms with E-state index in [9.17, 15) is 4.39 Å². The van der Waals surface area contributed by atoms with E-state index in [4.69, 9.17) is 19.2 Å². The Balaban J connectivity index is 1.67. The smallest absolute Gasteiger partial charge is 0.194 e. The minimum Gasteiger partial charge on any atom is -0.380 e. The Hall–Kier alpha value is -1.70. The van der Waals surface area contributed by atoms with E-state index >= 15 is 0 Å². The molecule has 27 heavy (non-hydrogen) atoms. The highest BCUT2D eigenvalue weighted by Gasteiger charge is 2.32. The molecule has 2 aliphatic heterocycles. The zero-order chi connectivity index (χ0) is 19.1. The van der Waals surface area contributed by atoms with E-state index in [0.717, 1.165) is 50.6 Å². The number of nitrogens with one attached hydrogen (secondary N) is 1. The fourth-order valence-corrected chi connectivity index (χ4v) is 3.57. The highest BCUT2D eigenvalue weighted by Crippen LogP contribution is 2.21. The molecule has 0 aliphatic carbocycles. The first-order valence-electron chi connectivity index (χ1n) is 9.74. The third-order valence-electron chi connectivity index (χ3n) is 4.93. The molecule has 2 atom stereocenters. The number of rotatable bonds is 6. The van der Waals surface area contributed by atoms with Gasteiger partial charge in [0.15, 0.2) is 5.96 Å². The van der Waals surface area contributed by atoms with Crippen LogP contribution in [0.3, 0.4) is 0 Å². The number of benzene rings is 1. The number of morpholine rings is 1. The summed E-state index contributed by atoms with van der Waals surface area (Å²) in [5.41, 5.74) is 1.52. The molecule has 0 saturated carbocycles. The first kappa shape index (κ1) is 20.0. The van der Waals surface area contributed by atoms with Crippen LogP contribution in [0, 0.1) is 5.82 Å². The van der Waals surface area contributed by atoms with Gasteiger partial charge in [0, 0.05) is 38.9 Å². The van der Waals surface area contributed by atoms with Gasteiger partial charge in [0.2, 0.25) is 0 Å². The van der Waals surface area contributed by atoms with Gasteiger partial charge >= 0.3 is 0 Å². The normalized spacial score (nSPS) is 23.7. The summed E-state index contributed by atoms with van der Waals surface area (Å²) >= 11 is 0. The molecule has 2 heterocycles. The van der Waals surface area contributed by atoms with Crippen molar-refractivity contribution in [3.8, 4) is 0 Å². The van der Waals surface area contributed by atoms with Crippen molar-refractivity contribution in [1.82, 2.24) is 10.2 Å². The van der Waals surface area contributed by atoms with Crippen molar-refractivity contribution in [2.24, 2.45) is 4.99 Å². The van der Waals surface area contributed by atoms with Gasteiger partial charge < -0.3 is 24.4 Å². The van der Waals surface area contributed by atoms with E-state index in [1.54, 1.807) is 13.2 Å². The highest BCUT2D eigenvalue weighted by molar-refractivity contribution is 5.80. The summed E-state index contributed by atoms with van der Waals surface area (Å²) in [7, 11) is 1.57. The maximum Gasteiger partial charge on any atom is 0.194 e. The molecule has 0 spiro atoms. The first-order chi connectivity index (χ1) is 13.2. The molecule has 1 aromatic carbocycles. The molecule has 3 rings (SSSR count). The highest BCUT2D eigenvalue weighted by atomic mass is 19.1. The fourth-order valence-electron chi connectivity index (χ4n) is 3.57. The number of aliphatic imine (C=N–C) groups is 1. The maximum absolute atomic E-state index is 13.8. The largest absolute Gasteiger partial charge is 0.380 e. The lowest BCUT2D eigenvalue weighted by atomic mass is 10.1. The summed E-state index contributed by atoms with van der Waals surface area (Å²) in [5.74, 6) is 0.616. The first-order valence-corrected chi connectivity index (χ1v) is 9.74. The number of hydrogen-bond donors (Lipinski definition) is 1. The van der Waals surface area contributed by atoms with Crippen LogP contribution in [0.4, 0.5) is 4.39 Å². The molecule has 0 amide bonds. The lowest BCUT2D eigenvalue weighted by Crippen LogP contribution is -2.53. The van der Waals surface area contributed by atoms with Gasteiger partial charge in [-0.05, 0) is 37.5 Å². The summed E-state index contributed by atoms with van der Waals surface area (Å²) < 4.78 is 30.6. The Morgan fingerprint density at radius 3 is 2.93 bits per heavy atom. The van der Waals surface area contributed by atoms with Gasteiger partial charge in [0.25, 0.3) is 0 Å². The van der Waals surface area contributed by atoms with E-state index in [-0.39, 0.29) is 24.6 Å². The van der Waals surface area contributed by atoms with Gasteiger partial charge in [-0.1, -0.05) is 6.07 Å². The van der Waals surface area contributed by atoms with Crippen molar-refractivity contribution in [3.63, 3.8) is 0 Å². The van der Waals surface area contributed by atoms with E-state index in [2.05, 4.69) is 17.1 Å². The van der Waals surface area contributed by atoms with Crippen LogP contribution >= 0.6 is 0 Å². The molecule has 2 aliphatic rings. The van der Waals surface area contributed by atoms with Crippen molar-refractivity contribution in [1.29, 1.82) is 0 Å². The third-order valence-corrected chi connectivity index (χ3v) is 4.93. The zero-order valence-electron chi connectivity index (χ0n) is 16.2. The molecule has 2 unspecified atom stereocenters. The molecule has 2 fully saturated rings. The molecule has 1 aromatic rings. The average Bonchev–Trinajstić information content (AvgIpc) is 3.22. The van der Waals surface area contributed by atoms with Crippen LogP contribution in [0.1, 0.15) is 30.9 Å². The lowest BCUT2D eigenvalue weighted by molar-refractivity contribution is -0.0817. The van der Waals surface area contributed by atoms with Crippen LogP contribution in [0.25, 0.3) is 0 Å². The Labute approximate surface area is 160 Å². The quantitative estimate of drug-likeness (QED) is 0.607. The molecule has 150 valence electrons. The predicted molar refractivity (Wildman–Crippen MR) is 102 cm³/mol. The second kappa shape index (κ2) is 10.0. The van der Waals surface area contributed by atoms with Crippen LogP contribution in [0.5, 0.6) is 0 Å². The molecule has 0 bridgehead atoms. The molecule has 1 N–H and O–H groups in total. The van der Waals surface area contributed by atoms with E-state index in [1.165, 1.54) is 6.07 Å². The van der Waals surface area contributed by atoms with Crippen LogP contribution in [-0.4, -0.2) is 63.0 Å². The average molecular weight is 379 g/mol. The number of hydrogen-bond acceptors (Lipinski definition) is 4. The zero-order valence-corrected chi connectivity index (χ0v) is 16.2. The number of methoxy groups -OCH3 is 1. The number of ether oxygens (including phenoxy) is 3. The molecule has 0 radical (unpaired) electrons. The molecule has 6 nitrogen and oxygen atoms in total. The Bertz CT molecular complexity index is 635. The minimum atomic E-state index is -0.246. The topological polar surface area (TPSA) is 55.3 Å². The second-order valence-corrected chi connectivity index (χ2v) is 6.94. The Kier molecular flexibility index (Phi) is 7.43. The van der Waals surface area contributed by atoms with Crippen molar-refractivity contribution >= 4 is 5.96 Å². The van der Waals surface area contributed by atoms with Crippen LogP contribution in [0.2, 0.25) is 0 Å². The maximum atomic E-state index is 13.8. The van der Waals surface area contributed by atoms with Crippen LogP contribution in [-0.2, 0) is 27.4 Å². The van der Waals surface area contributed by atoms with Gasteiger partial charge in [0.1, 0.15) is 11.9 Å². The lowest BCUT2D eigenvalue weighted by Gasteiger charge is -2.37. The van der Waals surface area contributed by atoms with Crippen molar-refractivity contribution in [3.05, 3.63) is 35.1 Å². The fraction of sp³-hybridized carbons (Fsp3) is 0.650. The summed E-state index contributed by atoms with van der Waals surface area (Å²) in [4.78, 5) is 7.01. The molecule has 0 aromatic heterocycles. The molecular weight excluding hydrogens is 349 g/mol. The number of nitrogens with zero attached hydrogens (tertiary/aromatic N) is 2. The molecular formula is C20H30FN3O3. The van der Waals surface area contributed by atoms with Crippen LogP contribution in [0.15, 0.2) is 23.2 Å². The standard InChI is InChI=1S/C20H30FN3O3/c1-3-22-20(23-12-15-6-7-17(21)16(11-15)14-25-2)24-8-10-27-19(13-24)18-5-4-9-26-18/h6-7,11,18-19H,3-5,8-10,12-14H2,1-2H3,(H,22,23). The van der Waals surface area contributed by atoms with Crippen molar-refractivity contribution < 1.29 is 18.6 Å². The number of guanidine groups is 1.